The van der Waals surface area contributed by atoms with Crippen LogP contribution in [0.1, 0.15) is 42.2 Å². The zero-order chi connectivity index (χ0) is 23.8. The molecule has 0 saturated carbocycles. The van der Waals surface area contributed by atoms with Crippen molar-refractivity contribution in [3.63, 3.8) is 0 Å². The maximum absolute atomic E-state index is 12.9. The van der Waals surface area contributed by atoms with Gasteiger partial charge in [-0.3, -0.25) is 14.4 Å². The van der Waals surface area contributed by atoms with Crippen LogP contribution >= 0.6 is 0 Å². The minimum atomic E-state index is -0.578. The average Bonchev–Trinajstić information content (AvgIpc) is 2.85. The van der Waals surface area contributed by atoms with Crippen LogP contribution in [-0.4, -0.2) is 42.1 Å². The van der Waals surface area contributed by atoms with Gasteiger partial charge in [0.25, 0.3) is 5.56 Å². The standard InChI is InChI=1S/C25H28N2O6/c1-4-5-14-27-21-9-7-6-8-19(21)26-20(25(27)30)12-13-24(29)33-16-22(28)18-11-10-17(31-2)15-23(18)32-3/h6-11,15H,4-5,12-14,16H2,1-3H3. The number of para-hydroxylation sites is 2. The molecule has 0 bridgehead atoms. The number of aryl methyl sites for hydroxylation is 2. The van der Waals surface area contributed by atoms with Gasteiger partial charge in [0.15, 0.2) is 6.61 Å². The van der Waals surface area contributed by atoms with Gasteiger partial charge in [-0.05, 0) is 30.7 Å². The van der Waals surface area contributed by atoms with Gasteiger partial charge >= 0.3 is 5.97 Å². The highest BCUT2D eigenvalue weighted by atomic mass is 16.5. The number of hydrogen-bond acceptors (Lipinski definition) is 7. The summed E-state index contributed by atoms with van der Waals surface area (Å²) in [6.07, 6.45) is 1.90. The Morgan fingerprint density at radius 3 is 2.58 bits per heavy atom. The molecule has 8 heteroatoms. The van der Waals surface area contributed by atoms with E-state index < -0.39 is 18.4 Å². The highest BCUT2D eigenvalue weighted by molar-refractivity contribution is 6.00. The maximum atomic E-state index is 12.9. The van der Waals surface area contributed by atoms with E-state index >= 15 is 0 Å². The lowest BCUT2D eigenvalue weighted by molar-refractivity contribution is -0.142. The summed E-state index contributed by atoms with van der Waals surface area (Å²) in [6.45, 7) is 2.23. The molecule has 0 aliphatic carbocycles. The van der Waals surface area contributed by atoms with Crippen LogP contribution in [0, 0.1) is 0 Å². The molecule has 1 heterocycles. The molecule has 8 nitrogen and oxygen atoms in total. The largest absolute Gasteiger partial charge is 0.497 e. The van der Waals surface area contributed by atoms with E-state index in [4.69, 9.17) is 14.2 Å². The van der Waals surface area contributed by atoms with Crippen molar-refractivity contribution < 1.29 is 23.8 Å². The van der Waals surface area contributed by atoms with Gasteiger partial charge in [0.2, 0.25) is 5.78 Å². The molecule has 0 unspecified atom stereocenters. The van der Waals surface area contributed by atoms with Crippen molar-refractivity contribution >= 4 is 22.8 Å². The van der Waals surface area contributed by atoms with Crippen LogP contribution in [0.4, 0.5) is 0 Å². The summed E-state index contributed by atoms with van der Waals surface area (Å²) in [6, 6.07) is 12.2. The van der Waals surface area contributed by atoms with E-state index in [0.29, 0.717) is 34.8 Å². The Balaban J connectivity index is 1.66. The van der Waals surface area contributed by atoms with Gasteiger partial charge in [-0.15, -0.1) is 0 Å². The van der Waals surface area contributed by atoms with E-state index in [2.05, 4.69) is 11.9 Å². The van der Waals surface area contributed by atoms with Crippen LogP contribution in [0.3, 0.4) is 0 Å². The number of ketones is 1. The Morgan fingerprint density at radius 1 is 1.06 bits per heavy atom. The number of Topliss-reactive ketones (excluding diaryl/α,β-unsaturated/α-hetero) is 1. The van der Waals surface area contributed by atoms with Crippen LogP contribution < -0.4 is 15.0 Å². The molecule has 0 N–H and O–H groups in total. The van der Waals surface area contributed by atoms with Crippen molar-refractivity contribution in [3.8, 4) is 11.5 Å². The fourth-order valence-corrected chi connectivity index (χ4v) is 3.49. The van der Waals surface area contributed by atoms with Crippen molar-refractivity contribution in [1.29, 1.82) is 0 Å². The monoisotopic (exact) mass is 452 g/mol. The number of nitrogens with zero attached hydrogens (tertiary/aromatic N) is 2. The summed E-state index contributed by atoms with van der Waals surface area (Å²) in [5, 5.41) is 0. The predicted molar refractivity (Wildman–Crippen MR) is 124 cm³/mol. The Bertz CT molecular complexity index is 1200. The van der Waals surface area contributed by atoms with E-state index in [1.54, 1.807) is 22.8 Å². The molecule has 33 heavy (non-hydrogen) atoms. The van der Waals surface area contributed by atoms with E-state index in [0.717, 1.165) is 18.4 Å². The molecule has 1 aromatic heterocycles. The van der Waals surface area contributed by atoms with Crippen LogP contribution in [-0.2, 0) is 22.5 Å². The van der Waals surface area contributed by atoms with Gasteiger partial charge in [-0.1, -0.05) is 25.5 Å². The third-order valence-corrected chi connectivity index (χ3v) is 5.29. The van der Waals surface area contributed by atoms with Gasteiger partial charge in [0.1, 0.15) is 17.2 Å². The summed E-state index contributed by atoms with van der Waals surface area (Å²) in [5.41, 5.74) is 1.89. The Morgan fingerprint density at radius 2 is 1.85 bits per heavy atom. The number of unbranched alkanes of at least 4 members (excludes halogenated alkanes) is 1. The number of carbonyl (C=O) groups excluding carboxylic acids is 2. The molecule has 3 rings (SSSR count). The van der Waals surface area contributed by atoms with Gasteiger partial charge in [0.05, 0.1) is 37.2 Å². The number of fused-ring (bicyclic) bond motifs is 1. The SMILES string of the molecule is CCCCn1c(=O)c(CCC(=O)OCC(=O)c2ccc(OC)cc2OC)nc2ccccc21. The quantitative estimate of drug-likeness (QED) is 0.324. The molecule has 3 aromatic rings. The lowest BCUT2D eigenvalue weighted by Gasteiger charge is -2.12. The van der Waals surface area contributed by atoms with Gasteiger partial charge in [0, 0.05) is 19.0 Å². The Kier molecular flexibility index (Phi) is 8.18. The fourth-order valence-electron chi connectivity index (χ4n) is 3.49. The summed E-state index contributed by atoms with van der Waals surface area (Å²) in [5.74, 6) is -0.0878. The highest BCUT2D eigenvalue weighted by Crippen LogP contribution is 2.25. The second kappa shape index (κ2) is 11.3. The molecular weight excluding hydrogens is 424 g/mol. The molecule has 0 spiro atoms. The molecule has 0 fully saturated rings. The van der Waals surface area contributed by atoms with Crippen molar-refractivity contribution in [2.24, 2.45) is 0 Å². The van der Waals surface area contributed by atoms with E-state index in [1.165, 1.54) is 14.2 Å². The second-order valence-corrected chi connectivity index (χ2v) is 7.51. The molecule has 0 aliphatic rings. The van der Waals surface area contributed by atoms with Crippen LogP contribution in [0.5, 0.6) is 11.5 Å². The van der Waals surface area contributed by atoms with Crippen molar-refractivity contribution in [1.82, 2.24) is 9.55 Å². The smallest absolute Gasteiger partial charge is 0.306 e. The first-order valence-corrected chi connectivity index (χ1v) is 10.9. The van der Waals surface area contributed by atoms with Gasteiger partial charge in [-0.25, -0.2) is 4.98 Å². The first-order chi connectivity index (χ1) is 16.0. The van der Waals surface area contributed by atoms with Crippen molar-refractivity contribution in [2.45, 2.75) is 39.2 Å². The van der Waals surface area contributed by atoms with Crippen LogP contribution in [0.15, 0.2) is 47.3 Å². The topological polar surface area (TPSA) is 96.7 Å². The first-order valence-electron chi connectivity index (χ1n) is 10.9. The Hall–Kier alpha value is -3.68. The van der Waals surface area contributed by atoms with Gasteiger partial charge in [-0.2, -0.15) is 0 Å². The zero-order valence-electron chi connectivity index (χ0n) is 19.1. The first kappa shape index (κ1) is 24.0. The lowest BCUT2D eigenvalue weighted by atomic mass is 10.1. The number of esters is 1. The number of ether oxygens (including phenoxy) is 3. The molecule has 0 radical (unpaired) electrons. The normalized spacial score (nSPS) is 10.8. The molecule has 0 saturated heterocycles. The van der Waals surface area contributed by atoms with Crippen LogP contribution in [0.25, 0.3) is 11.0 Å². The van der Waals surface area contributed by atoms with E-state index in [1.807, 2.05) is 24.3 Å². The fraction of sp³-hybridized carbons (Fsp3) is 0.360. The third kappa shape index (κ3) is 5.77. The number of hydrogen-bond donors (Lipinski definition) is 0. The molecule has 2 aromatic carbocycles. The summed E-state index contributed by atoms with van der Waals surface area (Å²) in [7, 11) is 2.96. The predicted octanol–water partition coefficient (Wildman–Crippen LogP) is 3.57. The zero-order valence-corrected chi connectivity index (χ0v) is 19.1. The number of benzene rings is 2. The molecule has 0 aliphatic heterocycles. The number of methoxy groups -OCH3 is 2. The average molecular weight is 453 g/mol. The maximum Gasteiger partial charge on any atom is 0.306 e. The number of carbonyl (C=O) groups is 2. The van der Waals surface area contributed by atoms with E-state index in [9.17, 15) is 14.4 Å². The van der Waals surface area contributed by atoms with E-state index in [-0.39, 0.29) is 18.4 Å². The Labute approximate surface area is 192 Å². The minimum Gasteiger partial charge on any atom is -0.497 e. The summed E-state index contributed by atoms with van der Waals surface area (Å²) in [4.78, 5) is 42.2. The number of aromatic nitrogens is 2. The van der Waals surface area contributed by atoms with Crippen molar-refractivity contribution in [2.75, 3.05) is 20.8 Å². The lowest BCUT2D eigenvalue weighted by Crippen LogP contribution is -2.26. The summed E-state index contributed by atoms with van der Waals surface area (Å²) >= 11 is 0. The highest BCUT2D eigenvalue weighted by Gasteiger charge is 2.17. The third-order valence-electron chi connectivity index (χ3n) is 5.29. The number of rotatable bonds is 11. The summed E-state index contributed by atoms with van der Waals surface area (Å²) < 4.78 is 17.2. The molecular formula is C25H28N2O6. The van der Waals surface area contributed by atoms with Gasteiger partial charge < -0.3 is 18.8 Å². The second-order valence-electron chi connectivity index (χ2n) is 7.51. The molecule has 0 atom stereocenters. The molecule has 174 valence electrons. The van der Waals surface area contributed by atoms with Crippen molar-refractivity contribution in [3.05, 3.63) is 64.1 Å². The molecule has 0 amide bonds. The van der Waals surface area contributed by atoms with Crippen LogP contribution in [0.2, 0.25) is 0 Å². The minimum absolute atomic E-state index is 0.0542.